The standard InChI is InChI=1S/C17H15FN4O/c1-12-16(17(23)21(2)13-8-4-3-5-9-13)19-20-22(12)15-11-7-6-10-14(15)18/h3-11H,1-2H3. The van der Waals surface area contributed by atoms with Gasteiger partial charge in [-0.25, -0.2) is 9.07 Å². The number of halogens is 1. The second-order valence-corrected chi connectivity index (χ2v) is 5.09. The number of benzene rings is 2. The number of nitrogens with zero attached hydrogens (tertiary/aromatic N) is 4. The molecule has 116 valence electrons. The van der Waals surface area contributed by atoms with Crippen LogP contribution in [0.25, 0.3) is 5.69 Å². The molecule has 0 N–H and O–H groups in total. The van der Waals surface area contributed by atoms with E-state index in [1.807, 2.05) is 30.3 Å². The summed E-state index contributed by atoms with van der Waals surface area (Å²) >= 11 is 0. The third-order valence-corrected chi connectivity index (χ3v) is 3.63. The van der Waals surface area contributed by atoms with Crippen LogP contribution in [0.5, 0.6) is 0 Å². The zero-order chi connectivity index (χ0) is 16.4. The molecule has 0 bridgehead atoms. The fourth-order valence-electron chi connectivity index (χ4n) is 2.31. The molecule has 0 unspecified atom stereocenters. The van der Waals surface area contributed by atoms with Gasteiger partial charge in [0.2, 0.25) is 0 Å². The van der Waals surface area contributed by atoms with Crippen LogP contribution in [0.3, 0.4) is 0 Å². The number of aromatic nitrogens is 3. The van der Waals surface area contributed by atoms with Crippen molar-refractivity contribution in [1.82, 2.24) is 15.0 Å². The number of rotatable bonds is 3. The quantitative estimate of drug-likeness (QED) is 0.747. The molecule has 0 aliphatic carbocycles. The number of hydrogen-bond donors (Lipinski definition) is 0. The summed E-state index contributed by atoms with van der Waals surface area (Å²) < 4.78 is 15.2. The number of carbonyl (C=O) groups is 1. The summed E-state index contributed by atoms with van der Waals surface area (Å²) in [5.74, 6) is -0.716. The summed E-state index contributed by atoms with van der Waals surface area (Å²) in [5, 5.41) is 7.86. The lowest BCUT2D eigenvalue weighted by Gasteiger charge is -2.16. The van der Waals surface area contributed by atoms with Crippen LogP contribution < -0.4 is 4.90 Å². The molecule has 0 atom stereocenters. The van der Waals surface area contributed by atoms with Crippen molar-refractivity contribution in [1.29, 1.82) is 0 Å². The van der Waals surface area contributed by atoms with Gasteiger partial charge < -0.3 is 4.90 Å². The highest BCUT2D eigenvalue weighted by molar-refractivity contribution is 6.05. The van der Waals surface area contributed by atoms with Crippen LogP contribution in [0, 0.1) is 12.7 Å². The summed E-state index contributed by atoms with van der Waals surface area (Å²) in [4.78, 5) is 14.1. The van der Waals surface area contributed by atoms with Crippen LogP contribution in [-0.4, -0.2) is 27.9 Å². The number of amides is 1. The van der Waals surface area contributed by atoms with Gasteiger partial charge in [-0.2, -0.15) is 0 Å². The van der Waals surface area contributed by atoms with Crippen LogP contribution in [0.4, 0.5) is 10.1 Å². The number of para-hydroxylation sites is 2. The number of hydrogen-bond acceptors (Lipinski definition) is 3. The molecular formula is C17H15FN4O. The fourth-order valence-corrected chi connectivity index (χ4v) is 2.31. The van der Waals surface area contributed by atoms with E-state index in [9.17, 15) is 9.18 Å². The maximum atomic E-state index is 13.9. The monoisotopic (exact) mass is 310 g/mol. The lowest BCUT2D eigenvalue weighted by Crippen LogP contribution is -2.27. The Bertz CT molecular complexity index is 845. The molecule has 2 aromatic carbocycles. The lowest BCUT2D eigenvalue weighted by atomic mass is 10.2. The molecule has 1 aromatic heterocycles. The van der Waals surface area contributed by atoms with Gasteiger partial charge in [0.25, 0.3) is 5.91 Å². The van der Waals surface area contributed by atoms with E-state index in [1.165, 1.54) is 15.6 Å². The average Bonchev–Trinajstić information content (AvgIpc) is 2.96. The van der Waals surface area contributed by atoms with Crippen molar-refractivity contribution in [3.8, 4) is 5.69 Å². The van der Waals surface area contributed by atoms with E-state index in [1.54, 1.807) is 32.2 Å². The highest BCUT2D eigenvalue weighted by Crippen LogP contribution is 2.19. The van der Waals surface area contributed by atoms with Gasteiger partial charge >= 0.3 is 0 Å². The van der Waals surface area contributed by atoms with Crippen LogP contribution in [0.2, 0.25) is 0 Å². The molecule has 5 nitrogen and oxygen atoms in total. The van der Waals surface area contributed by atoms with Crippen molar-refractivity contribution in [3.05, 3.63) is 71.8 Å². The highest BCUT2D eigenvalue weighted by Gasteiger charge is 2.22. The zero-order valence-electron chi connectivity index (χ0n) is 12.8. The summed E-state index contributed by atoms with van der Waals surface area (Å²) in [5.41, 5.74) is 1.69. The van der Waals surface area contributed by atoms with Crippen LogP contribution in [-0.2, 0) is 0 Å². The molecule has 23 heavy (non-hydrogen) atoms. The predicted molar refractivity (Wildman–Crippen MR) is 85.2 cm³/mol. The van der Waals surface area contributed by atoms with Gasteiger partial charge in [-0.05, 0) is 31.2 Å². The van der Waals surface area contributed by atoms with Gasteiger partial charge in [-0.15, -0.1) is 5.10 Å². The second-order valence-electron chi connectivity index (χ2n) is 5.09. The van der Waals surface area contributed by atoms with Gasteiger partial charge in [0.05, 0.1) is 5.69 Å². The van der Waals surface area contributed by atoms with E-state index in [4.69, 9.17) is 0 Å². The van der Waals surface area contributed by atoms with E-state index in [0.717, 1.165) is 5.69 Å². The smallest absolute Gasteiger partial charge is 0.280 e. The van der Waals surface area contributed by atoms with Gasteiger partial charge in [-0.1, -0.05) is 35.5 Å². The Morgan fingerprint density at radius 1 is 1.09 bits per heavy atom. The van der Waals surface area contributed by atoms with Gasteiger partial charge in [-0.3, -0.25) is 4.79 Å². The van der Waals surface area contributed by atoms with Crippen LogP contribution in [0.15, 0.2) is 54.6 Å². The summed E-state index contributed by atoms with van der Waals surface area (Å²) in [6.07, 6.45) is 0. The molecular weight excluding hydrogens is 295 g/mol. The Hall–Kier alpha value is -3.02. The molecule has 3 rings (SSSR count). The van der Waals surface area contributed by atoms with Crippen molar-refractivity contribution < 1.29 is 9.18 Å². The Labute approximate surface area is 133 Å². The Balaban J connectivity index is 1.96. The number of anilines is 1. The normalized spacial score (nSPS) is 10.6. The van der Waals surface area contributed by atoms with Crippen LogP contribution in [0.1, 0.15) is 16.2 Å². The summed E-state index contributed by atoms with van der Waals surface area (Å²) in [6, 6.07) is 15.5. The maximum absolute atomic E-state index is 13.9. The topological polar surface area (TPSA) is 51.0 Å². The third-order valence-electron chi connectivity index (χ3n) is 3.63. The van der Waals surface area contributed by atoms with E-state index < -0.39 is 5.82 Å². The predicted octanol–water partition coefficient (Wildman–Crippen LogP) is 2.99. The molecule has 0 radical (unpaired) electrons. The molecule has 0 aliphatic rings. The summed E-state index contributed by atoms with van der Waals surface area (Å²) in [7, 11) is 1.67. The average molecular weight is 310 g/mol. The molecule has 0 saturated heterocycles. The second kappa shape index (κ2) is 6.00. The third kappa shape index (κ3) is 2.70. The first-order chi connectivity index (χ1) is 11.1. The summed E-state index contributed by atoms with van der Waals surface area (Å²) in [6.45, 7) is 1.69. The Kier molecular flexibility index (Phi) is 3.89. The SMILES string of the molecule is Cc1c(C(=O)N(C)c2ccccc2)nnn1-c1ccccc1F. The highest BCUT2D eigenvalue weighted by atomic mass is 19.1. The van der Waals surface area contributed by atoms with Crippen molar-refractivity contribution in [3.63, 3.8) is 0 Å². The Morgan fingerprint density at radius 2 is 1.74 bits per heavy atom. The minimum absolute atomic E-state index is 0.194. The van der Waals surface area contributed by atoms with E-state index in [-0.39, 0.29) is 17.3 Å². The van der Waals surface area contributed by atoms with Crippen LogP contribution >= 0.6 is 0 Å². The zero-order valence-corrected chi connectivity index (χ0v) is 12.8. The van der Waals surface area contributed by atoms with Crippen molar-refractivity contribution in [2.45, 2.75) is 6.92 Å². The molecule has 6 heteroatoms. The first-order valence-electron chi connectivity index (χ1n) is 7.10. The number of carbonyl (C=O) groups excluding carboxylic acids is 1. The fraction of sp³-hybridized carbons (Fsp3) is 0.118. The molecule has 0 spiro atoms. The van der Waals surface area contributed by atoms with E-state index in [0.29, 0.717) is 5.69 Å². The van der Waals surface area contributed by atoms with Gasteiger partial charge in [0, 0.05) is 12.7 Å². The molecule has 0 fully saturated rings. The molecule has 1 heterocycles. The van der Waals surface area contributed by atoms with E-state index in [2.05, 4.69) is 10.3 Å². The van der Waals surface area contributed by atoms with Crippen molar-refractivity contribution in [2.24, 2.45) is 0 Å². The van der Waals surface area contributed by atoms with E-state index >= 15 is 0 Å². The molecule has 0 saturated carbocycles. The molecule has 1 amide bonds. The van der Waals surface area contributed by atoms with Crippen molar-refractivity contribution in [2.75, 3.05) is 11.9 Å². The molecule has 3 aromatic rings. The first kappa shape index (κ1) is 14.9. The molecule has 0 aliphatic heterocycles. The largest absolute Gasteiger partial charge is 0.310 e. The van der Waals surface area contributed by atoms with Crippen molar-refractivity contribution >= 4 is 11.6 Å². The lowest BCUT2D eigenvalue weighted by molar-refractivity contribution is 0.0987. The van der Waals surface area contributed by atoms with Gasteiger partial charge in [0.1, 0.15) is 11.5 Å². The minimum Gasteiger partial charge on any atom is -0.310 e. The Morgan fingerprint density at radius 3 is 2.43 bits per heavy atom. The maximum Gasteiger partial charge on any atom is 0.280 e. The minimum atomic E-state index is -0.420. The first-order valence-corrected chi connectivity index (χ1v) is 7.10. The van der Waals surface area contributed by atoms with Gasteiger partial charge in [0.15, 0.2) is 5.69 Å².